The van der Waals surface area contributed by atoms with Gasteiger partial charge < -0.3 is 4.90 Å². The van der Waals surface area contributed by atoms with Gasteiger partial charge in [-0.1, -0.05) is 29.8 Å². The summed E-state index contributed by atoms with van der Waals surface area (Å²) in [7, 11) is 0. The van der Waals surface area contributed by atoms with Crippen LogP contribution in [0.15, 0.2) is 53.3 Å². The van der Waals surface area contributed by atoms with Crippen LogP contribution >= 0.6 is 11.6 Å². The molecule has 0 amide bonds. The van der Waals surface area contributed by atoms with Gasteiger partial charge in [0.25, 0.3) is 5.56 Å². The van der Waals surface area contributed by atoms with Crippen molar-refractivity contribution < 1.29 is 0 Å². The van der Waals surface area contributed by atoms with Crippen LogP contribution in [0.4, 0.5) is 5.69 Å². The summed E-state index contributed by atoms with van der Waals surface area (Å²) in [5.41, 5.74) is 2.13. The topological polar surface area (TPSA) is 52.2 Å². The number of aromatic nitrogens is 2. The van der Waals surface area contributed by atoms with E-state index in [9.17, 15) is 4.79 Å². The first-order valence-corrected chi connectivity index (χ1v) is 10.3. The quantitative estimate of drug-likeness (QED) is 0.645. The minimum atomic E-state index is -0.113. The van der Waals surface area contributed by atoms with Crippen LogP contribution in [-0.2, 0) is 6.42 Å². The van der Waals surface area contributed by atoms with Crippen molar-refractivity contribution in [3.05, 3.63) is 69.6 Å². The Bertz CT molecular complexity index is 978. The number of halogens is 1. The molecular formula is C22H25ClN4O. The molecule has 1 saturated heterocycles. The van der Waals surface area contributed by atoms with Crippen molar-refractivity contribution in [2.45, 2.75) is 19.3 Å². The molecule has 0 bridgehead atoms. The summed E-state index contributed by atoms with van der Waals surface area (Å²) in [5.74, 6) is 0. The second-order valence-corrected chi connectivity index (χ2v) is 7.74. The van der Waals surface area contributed by atoms with Crippen LogP contribution in [0.1, 0.15) is 18.5 Å². The fraction of sp³-hybridized carbons (Fsp3) is 0.364. The molecule has 1 aromatic heterocycles. The number of nitrogens with one attached hydrogen (secondary N) is 1. The highest BCUT2D eigenvalue weighted by atomic mass is 35.5. The van der Waals surface area contributed by atoms with E-state index < -0.39 is 0 Å². The Kier molecular flexibility index (Phi) is 5.93. The fourth-order valence-electron chi connectivity index (χ4n) is 3.87. The lowest BCUT2D eigenvalue weighted by Crippen LogP contribution is -2.46. The van der Waals surface area contributed by atoms with Crippen LogP contribution in [-0.4, -0.2) is 47.8 Å². The normalized spacial score (nSPS) is 15.2. The first kappa shape index (κ1) is 19.0. The van der Waals surface area contributed by atoms with Crippen molar-refractivity contribution >= 4 is 28.1 Å². The third kappa shape index (κ3) is 4.37. The number of H-pyrrole nitrogens is 1. The molecule has 0 saturated carbocycles. The lowest BCUT2D eigenvalue weighted by molar-refractivity contribution is 0.253. The molecule has 1 aliphatic rings. The SMILES string of the molecule is O=c1[nH]nc(CCCCN2CCN(c3ccc(Cl)cc3)CC2)c2ccccc12. The molecule has 0 atom stereocenters. The van der Waals surface area contributed by atoms with Gasteiger partial charge in [0.15, 0.2) is 0 Å². The number of fused-ring (bicyclic) bond motifs is 1. The molecule has 0 aliphatic carbocycles. The number of benzene rings is 2. The Labute approximate surface area is 169 Å². The minimum Gasteiger partial charge on any atom is -0.369 e. The standard InChI is InChI=1S/C22H25ClN4O/c23-17-8-10-18(11-9-17)27-15-13-26(14-16-27)12-4-3-7-21-19-5-1-2-6-20(19)22(28)25-24-21/h1-2,5-6,8-11H,3-4,7,12-16H2,(H,25,28). The zero-order valence-electron chi connectivity index (χ0n) is 15.9. The fourth-order valence-corrected chi connectivity index (χ4v) is 4.00. The first-order chi connectivity index (χ1) is 13.7. The van der Waals surface area contributed by atoms with Crippen molar-refractivity contribution in [1.82, 2.24) is 15.1 Å². The van der Waals surface area contributed by atoms with Crippen molar-refractivity contribution in [3.63, 3.8) is 0 Å². The smallest absolute Gasteiger partial charge is 0.272 e. The highest BCUT2D eigenvalue weighted by Gasteiger charge is 2.16. The van der Waals surface area contributed by atoms with Crippen LogP contribution in [0.3, 0.4) is 0 Å². The van der Waals surface area contributed by atoms with Crippen molar-refractivity contribution in [2.75, 3.05) is 37.6 Å². The van der Waals surface area contributed by atoms with E-state index in [0.717, 1.165) is 73.5 Å². The molecule has 4 rings (SSSR count). The van der Waals surface area contributed by atoms with E-state index in [1.807, 2.05) is 36.4 Å². The maximum atomic E-state index is 11.9. The number of hydrogen-bond acceptors (Lipinski definition) is 4. The van der Waals surface area contributed by atoms with E-state index in [-0.39, 0.29) is 5.56 Å². The summed E-state index contributed by atoms with van der Waals surface area (Å²) < 4.78 is 0. The predicted octanol–water partition coefficient (Wildman–Crippen LogP) is 3.72. The highest BCUT2D eigenvalue weighted by molar-refractivity contribution is 6.30. The molecule has 1 N–H and O–H groups in total. The van der Waals surface area contributed by atoms with Gasteiger partial charge in [-0.15, -0.1) is 0 Å². The van der Waals surface area contributed by atoms with Gasteiger partial charge in [0.05, 0.1) is 11.1 Å². The van der Waals surface area contributed by atoms with Crippen LogP contribution in [0.25, 0.3) is 10.8 Å². The molecule has 0 spiro atoms. The molecule has 0 unspecified atom stereocenters. The molecule has 2 aromatic carbocycles. The van der Waals surface area contributed by atoms with Crippen LogP contribution < -0.4 is 10.5 Å². The van der Waals surface area contributed by atoms with Gasteiger partial charge in [0.2, 0.25) is 0 Å². The van der Waals surface area contributed by atoms with Gasteiger partial charge >= 0.3 is 0 Å². The second kappa shape index (κ2) is 8.76. The first-order valence-electron chi connectivity index (χ1n) is 9.90. The number of hydrogen-bond donors (Lipinski definition) is 1. The highest BCUT2D eigenvalue weighted by Crippen LogP contribution is 2.20. The number of aryl methyl sites for hydroxylation is 1. The molecule has 1 aliphatic heterocycles. The minimum absolute atomic E-state index is 0.113. The third-order valence-corrected chi connectivity index (χ3v) is 5.73. The molecule has 0 radical (unpaired) electrons. The molecule has 6 heteroatoms. The van der Waals surface area contributed by atoms with Crippen LogP contribution in [0.2, 0.25) is 5.02 Å². The van der Waals surface area contributed by atoms with Gasteiger partial charge in [-0.3, -0.25) is 9.69 Å². The van der Waals surface area contributed by atoms with Crippen molar-refractivity contribution in [3.8, 4) is 0 Å². The van der Waals surface area contributed by atoms with E-state index in [0.29, 0.717) is 0 Å². The summed E-state index contributed by atoms with van der Waals surface area (Å²) in [5, 5.41) is 9.39. The summed E-state index contributed by atoms with van der Waals surface area (Å²) in [4.78, 5) is 16.8. The zero-order chi connectivity index (χ0) is 19.3. The largest absolute Gasteiger partial charge is 0.369 e. The number of aromatic amines is 1. The predicted molar refractivity (Wildman–Crippen MR) is 115 cm³/mol. The monoisotopic (exact) mass is 396 g/mol. The maximum absolute atomic E-state index is 11.9. The average molecular weight is 397 g/mol. The van der Waals surface area contributed by atoms with Crippen molar-refractivity contribution in [2.24, 2.45) is 0 Å². The molecular weight excluding hydrogens is 372 g/mol. The van der Waals surface area contributed by atoms with Gasteiger partial charge in [0, 0.05) is 42.3 Å². The average Bonchev–Trinajstić information content (AvgIpc) is 2.74. The molecule has 5 nitrogen and oxygen atoms in total. The molecule has 146 valence electrons. The van der Waals surface area contributed by atoms with E-state index in [2.05, 4.69) is 32.1 Å². The Balaban J connectivity index is 1.24. The molecule has 3 aromatic rings. The van der Waals surface area contributed by atoms with E-state index >= 15 is 0 Å². The second-order valence-electron chi connectivity index (χ2n) is 7.31. The van der Waals surface area contributed by atoms with E-state index in [1.165, 1.54) is 5.69 Å². The lowest BCUT2D eigenvalue weighted by Gasteiger charge is -2.36. The summed E-state index contributed by atoms with van der Waals surface area (Å²) in [6.45, 7) is 5.38. The van der Waals surface area contributed by atoms with Crippen molar-refractivity contribution in [1.29, 1.82) is 0 Å². The Morgan fingerprint density at radius 3 is 2.39 bits per heavy atom. The van der Waals surface area contributed by atoms with E-state index in [4.69, 9.17) is 11.6 Å². The molecule has 2 heterocycles. The summed E-state index contributed by atoms with van der Waals surface area (Å²) in [6, 6.07) is 15.8. The van der Waals surface area contributed by atoms with Gasteiger partial charge in [-0.05, 0) is 56.1 Å². The maximum Gasteiger partial charge on any atom is 0.272 e. The van der Waals surface area contributed by atoms with Crippen LogP contribution in [0.5, 0.6) is 0 Å². The number of nitrogens with zero attached hydrogens (tertiary/aromatic N) is 3. The van der Waals surface area contributed by atoms with E-state index in [1.54, 1.807) is 0 Å². The number of anilines is 1. The van der Waals surface area contributed by atoms with Gasteiger partial charge in [0.1, 0.15) is 0 Å². The summed E-state index contributed by atoms with van der Waals surface area (Å²) in [6.07, 6.45) is 3.10. The van der Waals surface area contributed by atoms with Gasteiger partial charge in [-0.25, -0.2) is 5.10 Å². The molecule has 1 fully saturated rings. The number of unbranched alkanes of at least 4 members (excludes halogenated alkanes) is 1. The third-order valence-electron chi connectivity index (χ3n) is 5.48. The molecule has 28 heavy (non-hydrogen) atoms. The van der Waals surface area contributed by atoms with Gasteiger partial charge in [-0.2, -0.15) is 5.10 Å². The lowest BCUT2D eigenvalue weighted by atomic mass is 10.1. The Morgan fingerprint density at radius 1 is 0.929 bits per heavy atom. The zero-order valence-corrected chi connectivity index (χ0v) is 16.7. The Morgan fingerprint density at radius 2 is 1.64 bits per heavy atom. The number of rotatable bonds is 6. The summed E-state index contributed by atoms with van der Waals surface area (Å²) >= 11 is 5.98. The number of piperazine rings is 1. The van der Waals surface area contributed by atoms with Crippen LogP contribution in [0, 0.1) is 0 Å². The Hall–Kier alpha value is -2.37.